The van der Waals surface area contributed by atoms with Crippen molar-refractivity contribution in [2.75, 3.05) is 6.54 Å². The second-order valence-corrected chi connectivity index (χ2v) is 7.92. The summed E-state index contributed by atoms with van der Waals surface area (Å²) in [5.41, 5.74) is 1.90. The molecule has 0 aliphatic carbocycles. The van der Waals surface area contributed by atoms with Gasteiger partial charge in [-0.1, -0.05) is 45.0 Å². The van der Waals surface area contributed by atoms with E-state index in [-0.39, 0.29) is 11.9 Å². The molecule has 0 radical (unpaired) electrons. The lowest BCUT2D eigenvalue weighted by atomic mass is 9.94. The van der Waals surface area contributed by atoms with Crippen molar-refractivity contribution in [2.24, 2.45) is 5.92 Å². The molecule has 0 aromatic heterocycles. The number of rotatable bonds is 8. The lowest BCUT2D eigenvalue weighted by Gasteiger charge is -2.23. The molecule has 0 saturated carbocycles. The topological polar surface area (TPSA) is 67.4 Å². The van der Waals surface area contributed by atoms with Crippen LogP contribution in [0.15, 0.2) is 24.3 Å². The molecule has 0 saturated heterocycles. The predicted octanol–water partition coefficient (Wildman–Crippen LogP) is 4.37. The summed E-state index contributed by atoms with van der Waals surface area (Å²) < 4.78 is 5.17. The summed E-state index contributed by atoms with van der Waals surface area (Å²) in [6.45, 7) is 12.2. The Morgan fingerprint density at radius 2 is 1.73 bits per heavy atom. The number of benzene rings is 1. The van der Waals surface area contributed by atoms with Crippen molar-refractivity contribution in [3.8, 4) is 0 Å². The zero-order valence-corrected chi connectivity index (χ0v) is 17.0. The Bertz CT molecular complexity index is 574. The highest BCUT2D eigenvalue weighted by Gasteiger charge is 2.18. The van der Waals surface area contributed by atoms with Crippen LogP contribution in [0.5, 0.6) is 0 Å². The van der Waals surface area contributed by atoms with Crippen LogP contribution < -0.4 is 10.6 Å². The first-order valence-electron chi connectivity index (χ1n) is 9.47. The summed E-state index contributed by atoms with van der Waals surface area (Å²) in [6.07, 6.45) is 1.49. The normalized spacial score (nSPS) is 12.6. The Morgan fingerprint density at radius 3 is 2.23 bits per heavy atom. The molecule has 2 N–H and O–H groups in total. The first-order chi connectivity index (χ1) is 12.1. The van der Waals surface area contributed by atoms with Crippen molar-refractivity contribution < 1.29 is 14.3 Å². The number of carbonyl (C=O) groups excluding carboxylic acids is 2. The fourth-order valence-corrected chi connectivity index (χ4v) is 2.59. The highest BCUT2D eigenvalue weighted by molar-refractivity contribution is 5.76. The molecule has 5 heteroatoms. The second-order valence-electron chi connectivity index (χ2n) is 7.92. The van der Waals surface area contributed by atoms with Crippen molar-refractivity contribution in [3.05, 3.63) is 35.4 Å². The molecule has 1 aromatic carbocycles. The maximum Gasteiger partial charge on any atom is 0.407 e. The van der Waals surface area contributed by atoms with Gasteiger partial charge < -0.3 is 15.4 Å². The number of hydrogen-bond acceptors (Lipinski definition) is 3. The third kappa shape index (κ3) is 8.37. The van der Waals surface area contributed by atoms with E-state index >= 15 is 0 Å². The number of hydrogen-bond donors (Lipinski definition) is 2. The van der Waals surface area contributed by atoms with Gasteiger partial charge in [-0.3, -0.25) is 4.79 Å². The molecule has 1 aromatic rings. The van der Waals surface area contributed by atoms with Gasteiger partial charge in [-0.2, -0.15) is 0 Å². The van der Waals surface area contributed by atoms with E-state index in [4.69, 9.17) is 4.74 Å². The minimum absolute atomic E-state index is 0.00532. The van der Waals surface area contributed by atoms with Crippen molar-refractivity contribution in [1.82, 2.24) is 10.6 Å². The molecular formula is C21H34N2O3. The van der Waals surface area contributed by atoms with Crippen LogP contribution in [0, 0.1) is 5.92 Å². The number of nitrogens with one attached hydrogen (secondary N) is 2. The third-order valence-corrected chi connectivity index (χ3v) is 3.98. The predicted molar refractivity (Wildman–Crippen MR) is 105 cm³/mol. The highest BCUT2D eigenvalue weighted by Crippen LogP contribution is 2.22. The van der Waals surface area contributed by atoms with E-state index < -0.39 is 11.7 Å². The average molecular weight is 363 g/mol. The van der Waals surface area contributed by atoms with Gasteiger partial charge in [0.05, 0.1) is 6.04 Å². The minimum atomic E-state index is -0.515. The van der Waals surface area contributed by atoms with E-state index in [0.717, 1.165) is 12.0 Å². The SMILES string of the molecule is CCc1ccc(C(NC(=O)CCCNC(=O)OC(C)(C)C)C(C)C)cc1. The summed E-state index contributed by atoms with van der Waals surface area (Å²) >= 11 is 0. The number of amides is 2. The molecule has 1 rings (SSSR count). The number of ether oxygens (including phenoxy) is 1. The van der Waals surface area contributed by atoms with Crippen LogP contribution in [-0.4, -0.2) is 24.1 Å². The summed E-state index contributed by atoms with van der Waals surface area (Å²) in [7, 11) is 0. The number of aryl methyl sites for hydroxylation is 1. The lowest BCUT2D eigenvalue weighted by Crippen LogP contribution is -2.34. The first kappa shape index (κ1) is 22.0. The summed E-state index contributed by atoms with van der Waals surface area (Å²) in [4.78, 5) is 23.8. The quantitative estimate of drug-likeness (QED) is 0.675. The van der Waals surface area contributed by atoms with Gasteiger partial charge in [-0.25, -0.2) is 4.79 Å². The van der Waals surface area contributed by atoms with Gasteiger partial charge in [-0.15, -0.1) is 0 Å². The van der Waals surface area contributed by atoms with E-state index in [2.05, 4.69) is 55.7 Å². The molecule has 2 amide bonds. The molecular weight excluding hydrogens is 328 g/mol. The van der Waals surface area contributed by atoms with Crippen LogP contribution in [0.4, 0.5) is 4.79 Å². The smallest absolute Gasteiger partial charge is 0.407 e. The largest absolute Gasteiger partial charge is 0.444 e. The van der Waals surface area contributed by atoms with Crippen LogP contribution in [0.2, 0.25) is 0 Å². The van der Waals surface area contributed by atoms with E-state index in [1.54, 1.807) is 0 Å². The Balaban J connectivity index is 2.44. The Morgan fingerprint density at radius 1 is 1.12 bits per heavy atom. The monoisotopic (exact) mass is 362 g/mol. The van der Waals surface area contributed by atoms with Crippen LogP contribution in [0.3, 0.4) is 0 Å². The molecule has 0 heterocycles. The highest BCUT2D eigenvalue weighted by atomic mass is 16.6. The van der Waals surface area contributed by atoms with Gasteiger partial charge >= 0.3 is 6.09 Å². The summed E-state index contributed by atoms with van der Waals surface area (Å²) in [5, 5.41) is 5.79. The lowest BCUT2D eigenvalue weighted by molar-refractivity contribution is -0.122. The van der Waals surface area contributed by atoms with Gasteiger partial charge in [0.2, 0.25) is 5.91 Å². The zero-order valence-electron chi connectivity index (χ0n) is 17.0. The van der Waals surface area contributed by atoms with Gasteiger partial charge in [0, 0.05) is 13.0 Å². The first-order valence-corrected chi connectivity index (χ1v) is 9.47. The zero-order chi connectivity index (χ0) is 19.7. The van der Waals surface area contributed by atoms with E-state index in [9.17, 15) is 9.59 Å². The van der Waals surface area contributed by atoms with Gasteiger partial charge in [0.25, 0.3) is 0 Å². The molecule has 26 heavy (non-hydrogen) atoms. The molecule has 0 fully saturated rings. The maximum absolute atomic E-state index is 12.3. The minimum Gasteiger partial charge on any atom is -0.444 e. The Labute approximate surface area is 157 Å². The molecule has 146 valence electrons. The fraction of sp³-hybridized carbons (Fsp3) is 0.619. The molecule has 0 bridgehead atoms. The van der Waals surface area contributed by atoms with Crippen LogP contribution in [0.1, 0.15) is 71.6 Å². The summed E-state index contributed by atoms with van der Waals surface area (Å²) in [5.74, 6) is 0.292. The number of carbonyl (C=O) groups is 2. The van der Waals surface area contributed by atoms with Crippen molar-refractivity contribution in [1.29, 1.82) is 0 Å². The molecule has 0 aliphatic heterocycles. The van der Waals surface area contributed by atoms with Crippen LogP contribution >= 0.6 is 0 Å². The van der Waals surface area contributed by atoms with E-state index in [0.29, 0.717) is 25.3 Å². The number of alkyl carbamates (subject to hydrolysis) is 1. The van der Waals surface area contributed by atoms with E-state index in [1.807, 2.05) is 20.8 Å². The van der Waals surface area contributed by atoms with Crippen molar-refractivity contribution in [2.45, 2.75) is 72.4 Å². The van der Waals surface area contributed by atoms with Crippen LogP contribution in [0.25, 0.3) is 0 Å². The molecule has 1 atom stereocenters. The average Bonchev–Trinajstić information content (AvgIpc) is 2.55. The fourth-order valence-electron chi connectivity index (χ4n) is 2.59. The standard InChI is InChI=1S/C21H34N2O3/c1-7-16-10-12-17(13-11-16)19(15(2)3)23-18(24)9-8-14-22-20(25)26-21(4,5)6/h10-13,15,19H,7-9,14H2,1-6H3,(H,22,25)(H,23,24). The third-order valence-electron chi connectivity index (χ3n) is 3.98. The van der Waals surface area contributed by atoms with Gasteiger partial charge in [0.1, 0.15) is 5.60 Å². The van der Waals surface area contributed by atoms with Gasteiger partial charge in [-0.05, 0) is 50.7 Å². The summed E-state index contributed by atoms with van der Waals surface area (Å²) in [6, 6.07) is 8.40. The van der Waals surface area contributed by atoms with Crippen molar-refractivity contribution in [3.63, 3.8) is 0 Å². The molecule has 0 aliphatic rings. The van der Waals surface area contributed by atoms with E-state index in [1.165, 1.54) is 5.56 Å². The van der Waals surface area contributed by atoms with Gasteiger partial charge in [0.15, 0.2) is 0 Å². The molecule has 0 spiro atoms. The molecule has 5 nitrogen and oxygen atoms in total. The molecule has 1 unspecified atom stereocenters. The Hall–Kier alpha value is -2.04. The van der Waals surface area contributed by atoms with Crippen molar-refractivity contribution >= 4 is 12.0 Å². The maximum atomic E-state index is 12.3. The van der Waals surface area contributed by atoms with Crippen LogP contribution in [-0.2, 0) is 16.0 Å². The second kappa shape index (κ2) is 10.2. The Kier molecular flexibility index (Phi) is 8.62.